The lowest BCUT2D eigenvalue weighted by molar-refractivity contribution is -0.135. The maximum absolute atomic E-state index is 12.6. The van der Waals surface area contributed by atoms with E-state index in [0.717, 1.165) is 11.1 Å². The summed E-state index contributed by atoms with van der Waals surface area (Å²) in [6.45, 7) is 7.10. The van der Waals surface area contributed by atoms with E-state index in [0.29, 0.717) is 16.4 Å². The molecule has 0 atom stereocenters. The fourth-order valence-electron chi connectivity index (χ4n) is 2.09. The molecule has 2 aromatic rings. The third-order valence-electron chi connectivity index (χ3n) is 4.09. The van der Waals surface area contributed by atoms with Gasteiger partial charge in [-0.2, -0.15) is 0 Å². The van der Waals surface area contributed by atoms with Gasteiger partial charge in [-0.15, -0.1) is 0 Å². The predicted octanol–water partition coefficient (Wildman–Crippen LogP) is 4.56. The third kappa shape index (κ3) is 3.95. The Bertz CT molecular complexity index is 767. The second kappa shape index (κ2) is 7.05. The monoisotopic (exact) mass is 344 g/mol. The van der Waals surface area contributed by atoms with Crippen LogP contribution in [0.3, 0.4) is 0 Å². The minimum absolute atomic E-state index is 0.359. The van der Waals surface area contributed by atoms with Crippen LogP contribution in [0.25, 0.3) is 0 Å². The van der Waals surface area contributed by atoms with Crippen molar-refractivity contribution in [3.8, 4) is 0 Å². The summed E-state index contributed by atoms with van der Waals surface area (Å²) < 4.78 is 0. The number of amides is 2. The Kier molecular flexibility index (Phi) is 5.30. The van der Waals surface area contributed by atoms with Gasteiger partial charge >= 0.3 is 0 Å². The standard InChI is InChI=1S/C19H21ClN2O2/c1-12-6-5-7-16(13(12)2)22-18(24)19(3,4)17(23)21-15-10-8-14(20)9-11-15/h5-11H,1-4H3,(H,21,23)(H,22,24). The normalized spacial score (nSPS) is 11.0. The van der Waals surface area contributed by atoms with E-state index >= 15 is 0 Å². The van der Waals surface area contributed by atoms with Crippen LogP contribution >= 0.6 is 11.6 Å². The highest BCUT2D eigenvalue weighted by Gasteiger charge is 2.36. The minimum atomic E-state index is -1.23. The summed E-state index contributed by atoms with van der Waals surface area (Å²) in [5, 5.41) is 6.17. The highest BCUT2D eigenvalue weighted by Crippen LogP contribution is 2.24. The van der Waals surface area contributed by atoms with Crippen molar-refractivity contribution in [3.05, 3.63) is 58.6 Å². The fourth-order valence-corrected chi connectivity index (χ4v) is 2.21. The number of rotatable bonds is 4. The van der Waals surface area contributed by atoms with Gasteiger partial charge in [-0.3, -0.25) is 9.59 Å². The Morgan fingerprint density at radius 3 is 2.12 bits per heavy atom. The van der Waals surface area contributed by atoms with Gasteiger partial charge in [-0.05, 0) is 69.2 Å². The predicted molar refractivity (Wildman–Crippen MR) is 98.4 cm³/mol. The number of halogens is 1. The fraction of sp³-hybridized carbons (Fsp3) is 0.263. The van der Waals surface area contributed by atoms with Crippen molar-refractivity contribution >= 4 is 34.8 Å². The first kappa shape index (κ1) is 18.0. The molecule has 0 heterocycles. The molecule has 0 aliphatic carbocycles. The van der Waals surface area contributed by atoms with E-state index in [1.54, 1.807) is 38.1 Å². The average molecular weight is 345 g/mol. The highest BCUT2D eigenvalue weighted by atomic mass is 35.5. The molecule has 0 aliphatic heterocycles. The molecule has 0 saturated carbocycles. The molecule has 0 spiro atoms. The van der Waals surface area contributed by atoms with Gasteiger partial charge in [0.25, 0.3) is 0 Å². The largest absolute Gasteiger partial charge is 0.325 e. The van der Waals surface area contributed by atoms with E-state index in [4.69, 9.17) is 11.6 Å². The Morgan fingerprint density at radius 1 is 0.917 bits per heavy atom. The first-order chi connectivity index (χ1) is 11.2. The number of hydrogen-bond donors (Lipinski definition) is 2. The summed E-state index contributed by atoms with van der Waals surface area (Å²) in [6, 6.07) is 12.4. The lowest BCUT2D eigenvalue weighted by Crippen LogP contribution is -2.41. The van der Waals surface area contributed by atoms with Crippen molar-refractivity contribution in [2.75, 3.05) is 10.6 Å². The van der Waals surface area contributed by atoms with Gasteiger partial charge in [0.05, 0.1) is 0 Å². The number of carbonyl (C=O) groups is 2. The Hall–Kier alpha value is -2.33. The number of carbonyl (C=O) groups excluding carboxylic acids is 2. The van der Waals surface area contributed by atoms with Gasteiger partial charge in [0, 0.05) is 16.4 Å². The molecule has 24 heavy (non-hydrogen) atoms. The van der Waals surface area contributed by atoms with Crippen molar-refractivity contribution in [2.24, 2.45) is 5.41 Å². The van der Waals surface area contributed by atoms with Crippen molar-refractivity contribution in [1.82, 2.24) is 0 Å². The zero-order valence-electron chi connectivity index (χ0n) is 14.2. The van der Waals surface area contributed by atoms with Crippen LogP contribution in [0.5, 0.6) is 0 Å². The molecule has 126 valence electrons. The van der Waals surface area contributed by atoms with E-state index in [9.17, 15) is 9.59 Å². The van der Waals surface area contributed by atoms with Crippen LogP contribution in [0.2, 0.25) is 5.02 Å². The molecule has 0 aromatic heterocycles. The molecule has 2 rings (SSSR count). The smallest absolute Gasteiger partial charge is 0.239 e. The zero-order valence-corrected chi connectivity index (χ0v) is 15.0. The van der Waals surface area contributed by atoms with Crippen molar-refractivity contribution in [2.45, 2.75) is 27.7 Å². The van der Waals surface area contributed by atoms with E-state index in [1.807, 2.05) is 32.0 Å². The molecular formula is C19H21ClN2O2. The van der Waals surface area contributed by atoms with Gasteiger partial charge in [0.2, 0.25) is 11.8 Å². The van der Waals surface area contributed by atoms with Crippen LogP contribution in [0.1, 0.15) is 25.0 Å². The number of nitrogens with one attached hydrogen (secondary N) is 2. The maximum Gasteiger partial charge on any atom is 0.239 e. The van der Waals surface area contributed by atoms with Crippen LogP contribution in [-0.4, -0.2) is 11.8 Å². The molecule has 2 amide bonds. The summed E-state index contributed by atoms with van der Waals surface area (Å²) in [5.74, 6) is -0.740. The Balaban J connectivity index is 2.12. The molecule has 4 nitrogen and oxygen atoms in total. The lowest BCUT2D eigenvalue weighted by Gasteiger charge is -2.23. The number of hydrogen-bond acceptors (Lipinski definition) is 2. The van der Waals surface area contributed by atoms with Gasteiger partial charge in [0.1, 0.15) is 5.41 Å². The van der Waals surface area contributed by atoms with Gasteiger partial charge in [-0.25, -0.2) is 0 Å². The lowest BCUT2D eigenvalue weighted by atomic mass is 9.90. The highest BCUT2D eigenvalue weighted by molar-refractivity contribution is 6.30. The molecule has 0 bridgehead atoms. The van der Waals surface area contributed by atoms with Crippen LogP contribution in [0.15, 0.2) is 42.5 Å². The molecule has 0 fully saturated rings. The van der Waals surface area contributed by atoms with Crippen LogP contribution in [-0.2, 0) is 9.59 Å². The van der Waals surface area contributed by atoms with E-state index < -0.39 is 5.41 Å². The van der Waals surface area contributed by atoms with Crippen molar-refractivity contribution in [3.63, 3.8) is 0 Å². The molecule has 5 heteroatoms. The van der Waals surface area contributed by atoms with Crippen LogP contribution < -0.4 is 10.6 Å². The van der Waals surface area contributed by atoms with Crippen molar-refractivity contribution in [1.29, 1.82) is 0 Å². The SMILES string of the molecule is Cc1cccc(NC(=O)C(C)(C)C(=O)Nc2ccc(Cl)cc2)c1C. The van der Waals surface area contributed by atoms with Gasteiger partial charge in [0.15, 0.2) is 0 Å². The van der Waals surface area contributed by atoms with Gasteiger partial charge < -0.3 is 10.6 Å². The Labute approximate surface area is 147 Å². The zero-order chi connectivity index (χ0) is 17.9. The number of anilines is 2. The maximum atomic E-state index is 12.6. The molecule has 0 saturated heterocycles. The second-order valence-corrected chi connectivity index (χ2v) is 6.72. The van der Waals surface area contributed by atoms with Crippen molar-refractivity contribution < 1.29 is 9.59 Å². The van der Waals surface area contributed by atoms with Crippen LogP contribution in [0, 0.1) is 19.3 Å². The first-order valence-corrected chi connectivity index (χ1v) is 8.04. The van der Waals surface area contributed by atoms with E-state index in [1.165, 1.54) is 0 Å². The summed E-state index contributed by atoms with van der Waals surface area (Å²) in [7, 11) is 0. The topological polar surface area (TPSA) is 58.2 Å². The summed E-state index contributed by atoms with van der Waals surface area (Å²) in [6.07, 6.45) is 0. The molecule has 2 aromatic carbocycles. The summed E-state index contributed by atoms with van der Waals surface area (Å²) in [4.78, 5) is 25.1. The molecule has 0 radical (unpaired) electrons. The minimum Gasteiger partial charge on any atom is -0.325 e. The third-order valence-corrected chi connectivity index (χ3v) is 4.34. The number of benzene rings is 2. The first-order valence-electron chi connectivity index (χ1n) is 7.66. The average Bonchev–Trinajstić information content (AvgIpc) is 2.53. The summed E-state index contributed by atoms with van der Waals surface area (Å²) >= 11 is 5.83. The quantitative estimate of drug-likeness (QED) is 0.799. The van der Waals surface area contributed by atoms with Crippen LogP contribution in [0.4, 0.5) is 11.4 Å². The number of aryl methyl sites for hydroxylation is 1. The summed E-state index contributed by atoms with van der Waals surface area (Å²) in [5.41, 5.74) is 2.15. The van der Waals surface area contributed by atoms with Gasteiger partial charge in [-0.1, -0.05) is 23.7 Å². The Morgan fingerprint density at radius 2 is 1.50 bits per heavy atom. The second-order valence-electron chi connectivity index (χ2n) is 6.29. The molecule has 2 N–H and O–H groups in total. The molecular weight excluding hydrogens is 324 g/mol. The van der Waals surface area contributed by atoms with E-state index in [-0.39, 0.29) is 11.8 Å². The van der Waals surface area contributed by atoms with E-state index in [2.05, 4.69) is 10.6 Å². The molecule has 0 unspecified atom stereocenters. The molecule has 0 aliphatic rings.